The van der Waals surface area contributed by atoms with Crippen molar-refractivity contribution in [3.8, 4) is 11.5 Å². The summed E-state index contributed by atoms with van der Waals surface area (Å²) in [6.07, 6.45) is 0. The van der Waals surface area contributed by atoms with Gasteiger partial charge in [0.25, 0.3) is 5.91 Å². The second-order valence-electron chi connectivity index (χ2n) is 4.72. The van der Waals surface area contributed by atoms with Crippen LogP contribution in [0.3, 0.4) is 0 Å². The van der Waals surface area contributed by atoms with Crippen LogP contribution in [-0.4, -0.2) is 19.6 Å². The quantitative estimate of drug-likeness (QED) is 0.824. The summed E-state index contributed by atoms with van der Waals surface area (Å²) in [5, 5.41) is 2.69. The molecule has 2 aromatic rings. The van der Waals surface area contributed by atoms with Crippen molar-refractivity contribution in [1.82, 2.24) is 5.32 Å². The van der Waals surface area contributed by atoms with E-state index >= 15 is 0 Å². The van der Waals surface area contributed by atoms with Crippen molar-refractivity contribution in [2.45, 2.75) is 13.5 Å². The van der Waals surface area contributed by atoms with Gasteiger partial charge in [-0.2, -0.15) is 0 Å². The molecular formula is C17H17BrFNO3. The zero-order valence-corrected chi connectivity index (χ0v) is 14.4. The van der Waals surface area contributed by atoms with E-state index in [0.717, 1.165) is 4.47 Å². The average Bonchev–Trinajstić information content (AvgIpc) is 2.55. The Morgan fingerprint density at radius 3 is 2.70 bits per heavy atom. The smallest absolute Gasteiger partial charge is 0.251 e. The molecule has 1 N–H and O–H groups in total. The van der Waals surface area contributed by atoms with E-state index in [0.29, 0.717) is 29.2 Å². The fraction of sp³-hybridized carbons (Fsp3) is 0.235. The van der Waals surface area contributed by atoms with Crippen molar-refractivity contribution in [3.05, 3.63) is 57.8 Å². The molecule has 0 saturated heterocycles. The molecule has 122 valence electrons. The molecule has 0 fully saturated rings. The summed E-state index contributed by atoms with van der Waals surface area (Å²) in [5.41, 5.74) is 0.830. The lowest BCUT2D eigenvalue weighted by molar-refractivity contribution is 0.0950. The molecule has 0 aliphatic heterocycles. The molecule has 0 unspecified atom stereocenters. The maximum atomic E-state index is 13.7. The van der Waals surface area contributed by atoms with Gasteiger partial charge in [0.1, 0.15) is 5.82 Å². The van der Waals surface area contributed by atoms with Crippen molar-refractivity contribution in [1.29, 1.82) is 0 Å². The van der Waals surface area contributed by atoms with Crippen molar-refractivity contribution in [2.75, 3.05) is 13.7 Å². The van der Waals surface area contributed by atoms with Gasteiger partial charge in [-0.05, 0) is 43.3 Å². The minimum Gasteiger partial charge on any atom is -0.493 e. The van der Waals surface area contributed by atoms with Crippen LogP contribution in [-0.2, 0) is 6.54 Å². The highest BCUT2D eigenvalue weighted by molar-refractivity contribution is 9.10. The third-order valence-corrected chi connectivity index (χ3v) is 3.67. The Kier molecular flexibility index (Phi) is 5.98. The Morgan fingerprint density at radius 2 is 2.00 bits per heavy atom. The molecular weight excluding hydrogens is 365 g/mol. The SMILES string of the molecule is CCOc1cc(C(=O)NCc2cc(Br)ccc2F)ccc1OC. The van der Waals surface area contributed by atoms with Crippen LogP contribution < -0.4 is 14.8 Å². The molecule has 23 heavy (non-hydrogen) atoms. The maximum absolute atomic E-state index is 13.7. The molecule has 0 spiro atoms. The zero-order chi connectivity index (χ0) is 16.8. The van der Waals surface area contributed by atoms with E-state index in [1.54, 1.807) is 30.3 Å². The average molecular weight is 382 g/mol. The summed E-state index contributed by atoms with van der Waals surface area (Å²) in [5.74, 6) is 0.379. The summed E-state index contributed by atoms with van der Waals surface area (Å²) in [6, 6.07) is 9.50. The third-order valence-electron chi connectivity index (χ3n) is 3.17. The molecule has 0 aliphatic rings. The molecule has 0 aliphatic carbocycles. The summed E-state index contributed by atoms with van der Waals surface area (Å²) < 4.78 is 25.1. The first-order chi connectivity index (χ1) is 11.0. The number of nitrogens with one attached hydrogen (secondary N) is 1. The van der Waals surface area contributed by atoms with E-state index in [1.807, 2.05) is 6.92 Å². The zero-order valence-electron chi connectivity index (χ0n) is 12.9. The normalized spacial score (nSPS) is 10.3. The van der Waals surface area contributed by atoms with Crippen LogP contribution in [0.1, 0.15) is 22.8 Å². The van der Waals surface area contributed by atoms with Gasteiger partial charge < -0.3 is 14.8 Å². The van der Waals surface area contributed by atoms with Gasteiger partial charge in [-0.1, -0.05) is 15.9 Å². The highest BCUT2D eigenvalue weighted by atomic mass is 79.9. The van der Waals surface area contributed by atoms with Crippen molar-refractivity contribution < 1.29 is 18.7 Å². The van der Waals surface area contributed by atoms with Crippen LogP contribution >= 0.6 is 15.9 Å². The summed E-state index contributed by atoms with van der Waals surface area (Å²) in [6.45, 7) is 2.41. The number of ether oxygens (including phenoxy) is 2. The van der Waals surface area contributed by atoms with Crippen molar-refractivity contribution >= 4 is 21.8 Å². The number of hydrogen-bond donors (Lipinski definition) is 1. The fourth-order valence-corrected chi connectivity index (χ4v) is 2.45. The van der Waals surface area contributed by atoms with Crippen molar-refractivity contribution in [2.24, 2.45) is 0 Å². The predicted octanol–water partition coefficient (Wildman–Crippen LogP) is 3.93. The lowest BCUT2D eigenvalue weighted by Gasteiger charge is -2.11. The van der Waals surface area contributed by atoms with E-state index < -0.39 is 0 Å². The topological polar surface area (TPSA) is 47.6 Å². The number of hydrogen-bond acceptors (Lipinski definition) is 3. The Hall–Kier alpha value is -2.08. The molecule has 0 radical (unpaired) electrons. The van der Waals surface area contributed by atoms with Gasteiger partial charge >= 0.3 is 0 Å². The van der Waals surface area contributed by atoms with Gasteiger partial charge in [-0.25, -0.2) is 4.39 Å². The predicted molar refractivity (Wildman–Crippen MR) is 89.4 cm³/mol. The highest BCUT2D eigenvalue weighted by Gasteiger charge is 2.12. The van der Waals surface area contributed by atoms with E-state index in [9.17, 15) is 9.18 Å². The van der Waals surface area contributed by atoms with E-state index in [2.05, 4.69) is 21.2 Å². The summed E-state index contributed by atoms with van der Waals surface area (Å²) in [7, 11) is 1.54. The van der Waals surface area contributed by atoms with Gasteiger partial charge in [-0.15, -0.1) is 0 Å². The minimum absolute atomic E-state index is 0.0973. The van der Waals surface area contributed by atoms with E-state index in [-0.39, 0.29) is 18.3 Å². The van der Waals surface area contributed by atoms with Crippen molar-refractivity contribution in [3.63, 3.8) is 0 Å². The largest absolute Gasteiger partial charge is 0.493 e. The van der Waals surface area contributed by atoms with Crippen LogP contribution in [0, 0.1) is 5.82 Å². The molecule has 2 aromatic carbocycles. The van der Waals surface area contributed by atoms with Crippen LogP contribution in [0.2, 0.25) is 0 Å². The lowest BCUT2D eigenvalue weighted by atomic mass is 10.1. The van der Waals surface area contributed by atoms with Gasteiger partial charge in [0, 0.05) is 22.1 Å². The molecule has 4 nitrogen and oxygen atoms in total. The molecule has 6 heteroatoms. The van der Waals surface area contributed by atoms with Gasteiger partial charge in [0.2, 0.25) is 0 Å². The maximum Gasteiger partial charge on any atom is 0.251 e. The van der Waals surface area contributed by atoms with Crippen LogP contribution in [0.15, 0.2) is 40.9 Å². The second-order valence-corrected chi connectivity index (χ2v) is 5.63. The first-order valence-corrected chi connectivity index (χ1v) is 7.87. The monoisotopic (exact) mass is 381 g/mol. The van der Waals surface area contributed by atoms with E-state index in [4.69, 9.17) is 9.47 Å². The lowest BCUT2D eigenvalue weighted by Crippen LogP contribution is -2.23. The van der Waals surface area contributed by atoms with Gasteiger partial charge in [0.05, 0.1) is 13.7 Å². The Balaban J connectivity index is 2.11. The molecule has 0 saturated carbocycles. The minimum atomic E-state index is -0.363. The molecule has 2 rings (SSSR count). The highest BCUT2D eigenvalue weighted by Crippen LogP contribution is 2.28. The van der Waals surface area contributed by atoms with Crippen LogP contribution in [0.25, 0.3) is 0 Å². The summed E-state index contributed by atoms with van der Waals surface area (Å²) in [4.78, 5) is 12.2. The fourth-order valence-electron chi connectivity index (χ4n) is 2.04. The van der Waals surface area contributed by atoms with Gasteiger partial charge in [-0.3, -0.25) is 4.79 Å². The van der Waals surface area contributed by atoms with Crippen LogP contribution in [0.4, 0.5) is 4.39 Å². The number of benzene rings is 2. The molecule has 0 atom stereocenters. The Bertz CT molecular complexity index is 706. The number of carbonyl (C=O) groups excluding carboxylic acids is 1. The molecule has 0 heterocycles. The second kappa shape index (κ2) is 7.97. The van der Waals surface area contributed by atoms with E-state index in [1.165, 1.54) is 13.2 Å². The number of carbonyl (C=O) groups is 1. The summed E-state index contributed by atoms with van der Waals surface area (Å²) >= 11 is 3.28. The first kappa shape index (κ1) is 17.3. The molecule has 0 bridgehead atoms. The number of halogens is 2. The van der Waals surface area contributed by atoms with Gasteiger partial charge in [0.15, 0.2) is 11.5 Å². The third kappa shape index (κ3) is 4.45. The van der Waals surface area contributed by atoms with Crippen LogP contribution in [0.5, 0.6) is 11.5 Å². The first-order valence-electron chi connectivity index (χ1n) is 7.08. The standard InChI is InChI=1S/C17H17BrFNO3/c1-3-23-16-9-11(4-7-15(16)22-2)17(21)20-10-12-8-13(18)5-6-14(12)19/h4-9H,3,10H2,1-2H3,(H,20,21). The number of rotatable bonds is 6. The number of methoxy groups -OCH3 is 1. The molecule has 0 aromatic heterocycles. The Labute approximate surface area is 142 Å². The Morgan fingerprint density at radius 1 is 1.22 bits per heavy atom. The molecule has 1 amide bonds. The number of amides is 1.